The Labute approximate surface area is 186 Å². The minimum absolute atomic E-state index is 0.123. The van der Waals surface area contributed by atoms with Gasteiger partial charge in [-0.2, -0.15) is 0 Å². The van der Waals surface area contributed by atoms with Gasteiger partial charge in [0, 0.05) is 27.7 Å². The van der Waals surface area contributed by atoms with E-state index in [9.17, 15) is 13.2 Å². The number of rotatable bonds is 6. The molecule has 0 unspecified atom stereocenters. The lowest BCUT2D eigenvalue weighted by Crippen LogP contribution is -2.15. The Morgan fingerprint density at radius 2 is 1.47 bits per heavy atom. The van der Waals surface area contributed by atoms with Gasteiger partial charge in [0.1, 0.15) is 5.75 Å². The van der Waals surface area contributed by atoms with Crippen molar-refractivity contribution in [3.63, 3.8) is 0 Å². The summed E-state index contributed by atoms with van der Waals surface area (Å²) in [5.74, 6) is 0.382. The van der Waals surface area contributed by atoms with Crippen molar-refractivity contribution in [1.29, 1.82) is 0 Å². The summed E-state index contributed by atoms with van der Waals surface area (Å²) in [4.78, 5) is 12.9. The SMILES string of the molecule is Cc1ccccc1C(=O)Nc1ccc(S(=O)(=O)Nc2ccc(O[11CH3])cc2)c2ccccc12. The molecule has 4 aromatic rings. The van der Waals surface area contributed by atoms with E-state index in [1.807, 2.05) is 19.1 Å². The molecular formula is C25H22N2O4S. The Balaban J connectivity index is 1.70. The van der Waals surface area contributed by atoms with Crippen molar-refractivity contribution in [2.45, 2.75) is 11.8 Å². The molecule has 162 valence electrons. The largest absolute Gasteiger partial charge is 0.497 e. The third kappa shape index (κ3) is 4.29. The van der Waals surface area contributed by atoms with Gasteiger partial charge in [0.15, 0.2) is 0 Å². The maximum absolute atomic E-state index is 13.1. The molecule has 0 aliphatic carbocycles. The number of benzene rings is 4. The molecule has 0 aromatic heterocycles. The topological polar surface area (TPSA) is 84.5 Å². The van der Waals surface area contributed by atoms with Crippen LogP contribution in [-0.4, -0.2) is 21.4 Å². The lowest BCUT2D eigenvalue weighted by atomic mass is 10.1. The van der Waals surface area contributed by atoms with Crippen molar-refractivity contribution in [3.05, 3.63) is 96.1 Å². The van der Waals surface area contributed by atoms with Crippen molar-refractivity contribution in [2.75, 3.05) is 17.1 Å². The number of sulfonamides is 1. The van der Waals surface area contributed by atoms with Crippen LogP contribution in [-0.2, 0) is 10.0 Å². The molecule has 0 fully saturated rings. The Hall–Kier alpha value is -3.84. The molecule has 2 N–H and O–H groups in total. The number of aryl methyl sites for hydroxylation is 1. The predicted octanol–water partition coefficient (Wildman–Crippen LogP) is 5.21. The van der Waals surface area contributed by atoms with Crippen molar-refractivity contribution in [3.8, 4) is 5.75 Å². The quantitative estimate of drug-likeness (QED) is 0.427. The minimum atomic E-state index is -3.87. The first kappa shape index (κ1) is 21.4. The highest BCUT2D eigenvalue weighted by molar-refractivity contribution is 7.93. The predicted molar refractivity (Wildman–Crippen MR) is 127 cm³/mol. The second-order valence-corrected chi connectivity index (χ2v) is 8.91. The fourth-order valence-corrected chi connectivity index (χ4v) is 4.77. The molecular weight excluding hydrogens is 423 g/mol. The van der Waals surface area contributed by atoms with Gasteiger partial charge in [-0.1, -0.05) is 42.5 Å². The summed E-state index contributed by atoms with van der Waals surface area (Å²) in [7, 11) is -2.32. The first-order valence-electron chi connectivity index (χ1n) is 9.94. The first-order valence-corrected chi connectivity index (χ1v) is 11.4. The number of fused-ring (bicyclic) bond motifs is 1. The summed E-state index contributed by atoms with van der Waals surface area (Å²) in [6.07, 6.45) is 0. The summed E-state index contributed by atoms with van der Waals surface area (Å²) >= 11 is 0. The van der Waals surface area contributed by atoms with Gasteiger partial charge in [0.2, 0.25) is 0 Å². The maximum atomic E-state index is 13.1. The molecule has 32 heavy (non-hydrogen) atoms. The van der Waals surface area contributed by atoms with E-state index in [0.717, 1.165) is 5.56 Å². The van der Waals surface area contributed by atoms with E-state index in [2.05, 4.69) is 10.0 Å². The van der Waals surface area contributed by atoms with Crippen LogP contribution in [0.2, 0.25) is 0 Å². The summed E-state index contributed by atoms with van der Waals surface area (Å²) < 4.78 is 34.0. The number of methoxy groups -OCH3 is 1. The highest BCUT2D eigenvalue weighted by atomic mass is 32.2. The lowest BCUT2D eigenvalue weighted by Gasteiger charge is -2.14. The Bertz CT molecular complexity index is 1400. The summed E-state index contributed by atoms with van der Waals surface area (Å²) in [5.41, 5.74) is 2.38. The van der Waals surface area contributed by atoms with Gasteiger partial charge in [-0.15, -0.1) is 0 Å². The molecule has 7 heteroatoms. The average molecular weight is 446 g/mol. The first-order chi connectivity index (χ1) is 15.4. The molecule has 0 aliphatic heterocycles. The molecule has 0 atom stereocenters. The molecule has 4 rings (SSSR count). The van der Waals surface area contributed by atoms with Crippen LogP contribution >= 0.6 is 0 Å². The molecule has 0 saturated carbocycles. The third-order valence-corrected chi connectivity index (χ3v) is 6.59. The fraction of sp³-hybridized carbons (Fsp3) is 0.0800. The number of anilines is 2. The van der Waals surface area contributed by atoms with Gasteiger partial charge in [-0.05, 0) is 55.0 Å². The van der Waals surface area contributed by atoms with Crippen LogP contribution in [0.25, 0.3) is 10.8 Å². The highest BCUT2D eigenvalue weighted by Gasteiger charge is 2.20. The second-order valence-electron chi connectivity index (χ2n) is 7.26. The van der Waals surface area contributed by atoms with E-state index in [0.29, 0.717) is 33.5 Å². The number of carbonyl (C=O) groups is 1. The van der Waals surface area contributed by atoms with E-state index < -0.39 is 10.0 Å². The molecule has 0 aliphatic rings. The van der Waals surface area contributed by atoms with E-state index >= 15 is 0 Å². The zero-order valence-corrected chi connectivity index (χ0v) is 18.4. The van der Waals surface area contributed by atoms with Gasteiger partial charge in [0.25, 0.3) is 15.9 Å². The van der Waals surface area contributed by atoms with Crippen LogP contribution in [0.1, 0.15) is 15.9 Å². The summed E-state index contributed by atoms with van der Waals surface area (Å²) in [6, 6.07) is 24.1. The summed E-state index contributed by atoms with van der Waals surface area (Å²) in [5, 5.41) is 4.06. The fourth-order valence-electron chi connectivity index (χ4n) is 3.50. The smallest absolute Gasteiger partial charge is 0.262 e. The van der Waals surface area contributed by atoms with Gasteiger partial charge in [-0.3, -0.25) is 9.52 Å². The zero-order valence-electron chi connectivity index (χ0n) is 17.6. The van der Waals surface area contributed by atoms with Crippen LogP contribution in [0.4, 0.5) is 11.4 Å². The number of hydrogen-bond acceptors (Lipinski definition) is 4. The molecule has 4 aromatic carbocycles. The minimum Gasteiger partial charge on any atom is -0.497 e. The Morgan fingerprint density at radius 1 is 0.812 bits per heavy atom. The van der Waals surface area contributed by atoms with Crippen molar-refractivity contribution in [1.82, 2.24) is 0 Å². The number of nitrogens with one attached hydrogen (secondary N) is 2. The van der Waals surface area contributed by atoms with Crippen LogP contribution < -0.4 is 14.8 Å². The van der Waals surface area contributed by atoms with Gasteiger partial charge < -0.3 is 10.1 Å². The number of amides is 1. The van der Waals surface area contributed by atoms with Crippen LogP contribution in [0.15, 0.2) is 89.8 Å². The molecule has 0 radical (unpaired) electrons. The van der Waals surface area contributed by atoms with E-state index in [1.165, 1.54) is 6.07 Å². The van der Waals surface area contributed by atoms with E-state index in [1.54, 1.807) is 73.8 Å². The second kappa shape index (κ2) is 8.72. The Morgan fingerprint density at radius 3 is 2.16 bits per heavy atom. The van der Waals surface area contributed by atoms with E-state index in [4.69, 9.17) is 4.74 Å². The Kier molecular flexibility index (Phi) is 5.83. The molecule has 0 spiro atoms. The number of ether oxygens (including phenoxy) is 1. The van der Waals surface area contributed by atoms with Gasteiger partial charge >= 0.3 is 0 Å². The van der Waals surface area contributed by atoms with Crippen LogP contribution in [0.5, 0.6) is 5.75 Å². The maximum Gasteiger partial charge on any atom is 0.262 e. The van der Waals surface area contributed by atoms with Gasteiger partial charge in [-0.25, -0.2) is 8.42 Å². The van der Waals surface area contributed by atoms with Crippen molar-refractivity contribution >= 4 is 38.1 Å². The van der Waals surface area contributed by atoms with E-state index in [-0.39, 0.29) is 10.8 Å². The van der Waals surface area contributed by atoms with Crippen molar-refractivity contribution < 1.29 is 17.9 Å². The van der Waals surface area contributed by atoms with Crippen LogP contribution in [0, 0.1) is 6.92 Å². The normalized spacial score (nSPS) is 11.2. The standard InChI is InChI=1S/C25H22N2O4S/c1-17-7-3-4-8-20(17)25(28)26-23-15-16-24(22-10-6-5-9-21(22)23)32(29,30)27-18-11-13-19(31-2)14-12-18/h3-16,27H,1-2H3,(H,26,28)/i2-1. The number of hydrogen-bond donors (Lipinski definition) is 2. The molecule has 0 bridgehead atoms. The van der Waals surface area contributed by atoms with Crippen molar-refractivity contribution in [2.24, 2.45) is 0 Å². The molecule has 6 nitrogen and oxygen atoms in total. The highest BCUT2D eigenvalue weighted by Crippen LogP contribution is 2.31. The molecule has 0 saturated heterocycles. The molecule has 1 amide bonds. The molecule has 0 heterocycles. The lowest BCUT2D eigenvalue weighted by molar-refractivity contribution is 0.102. The third-order valence-electron chi connectivity index (χ3n) is 5.15. The zero-order chi connectivity index (χ0) is 22.7. The monoisotopic (exact) mass is 445 g/mol. The van der Waals surface area contributed by atoms with Crippen LogP contribution in [0.3, 0.4) is 0 Å². The van der Waals surface area contributed by atoms with Gasteiger partial charge in [0.05, 0.1) is 12.0 Å². The number of carbonyl (C=O) groups excluding carboxylic acids is 1. The summed E-state index contributed by atoms with van der Waals surface area (Å²) in [6.45, 7) is 1.87. The average Bonchev–Trinajstić information content (AvgIpc) is 2.79.